The molecular formula is C46H36N2. The van der Waals surface area contributed by atoms with E-state index >= 15 is 0 Å². The van der Waals surface area contributed by atoms with Crippen molar-refractivity contribution in [2.45, 2.75) is 25.7 Å². The Kier molecular flexibility index (Phi) is 6.58. The lowest BCUT2D eigenvalue weighted by Crippen LogP contribution is -2.18. The predicted octanol–water partition coefficient (Wildman–Crippen LogP) is 11.9. The third-order valence-electron chi connectivity index (χ3n) is 10.3. The first-order valence-electron chi connectivity index (χ1n) is 16.8. The average molecular weight is 617 g/mol. The molecule has 0 atom stereocenters. The molecule has 2 aliphatic rings. The SMILES string of the molecule is CC1(C)c2ccccc2-c2ccc(N(C3=CCc4c(c5ccccc5n4-c4ccccc4)C=C3)c3cccc(-c4ccccc4)c3)cc21. The Labute approximate surface area is 282 Å². The minimum Gasteiger partial charge on any atom is -0.313 e. The lowest BCUT2D eigenvalue weighted by molar-refractivity contribution is 0.660. The number of nitrogens with zero attached hydrogens (tertiary/aromatic N) is 2. The molecule has 9 rings (SSSR count). The van der Waals surface area contributed by atoms with E-state index < -0.39 is 0 Å². The molecule has 0 N–H and O–H groups in total. The molecule has 0 amide bonds. The van der Waals surface area contributed by atoms with E-state index in [1.807, 2.05) is 0 Å². The maximum Gasteiger partial charge on any atom is 0.0537 e. The molecule has 1 heterocycles. The second kappa shape index (κ2) is 11.1. The second-order valence-electron chi connectivity index (χ2n) is 13.4. The third kappa shape index (κ3) is 4.48. The van der Waals surface area contributed by atoms with Crippen LogP contribution in [0.5, 0.6) is 0 Å². The first kappa shape index (κ1) is 28.4. The number of rotatable bonds is 5. The standard InChI is InChI=1S/C46H36N2/c1-46(2)42-22-11-9-20-38(42)39-27-25-37(31-43(39)46)47(36-19-13-16-33(30-36)32-14-5-3-6-15-32)35-24-28-41-40-21-10-12-23-44(40)48(45(41)29-26-35)34-17-7-4-8-18-34/h3-28,30-31H,29H2,1-2H3. The monoisotopic (exact) mass is 616 g/mol. The molecule has 48 heavy (non-hydrogen) atoms. The fourth-order valence-corrected chi connectivity index (χ4v) is 7.91. The topological polar surface area (TPSA) is 8.17 Å². The van der Waals surface area contributed by atoms with Crippen molar-refractivity contribution in [3.05, 3.63) is 192 Å². The number of fused-ring (bicyclic) bond motifs is 6. The van der Waals surface area contributed by atoms with E-state index in [1.165, 1.54) is 61.2 Å². The molecule has 0 fully saturated rings. The van der Waals surface area contributed by atoms with E-state index in [1.54, 1.807) is 0 Å². The van der Waals surface area contributed by atoms with Crippen LogP contribution in [0.4, 0.5) is 11.4 Å². The van der Waals surface area contributed by atoms with Gasteiger partial charge in [-0.15, -0.1) is 0 Å². The molecule has 0 spiro atoms. The Morgan fingerprint density at radius 2 is 1.25 bits per heavy atom. The molecule has 0 radical (unpaired) electrons. The maximum absolute atomic E-state index is 2.45. The summed E-state index contributed by atoms with van der Waals surface area (Å²) in [5.74, 6) is 0. The zero-order valence-corrected chi connectivity index (χ0v) is 27.3. The van der Waals surface area contributed by atoms with Gasteiger partial charge in [0.2, 0.25) is 0 Å². The van der Waals surface area contributed by atoms with E-state index in [0.717, 1.165) is 23.5 Å². The molecule has 6 aromatic carbocycles. The highest BCUT2D eigenvalue weighted by Gasteiger charge is 2.35. The van der Waals surface area contributed by atoms with Gasteiger partial charge in [0, 0.05) is 51.2 Å². The molecular weight excluding hydrogens is 581 g/mol. The minimum atomic E-state index is -0.0875. The van der Waals surface area contributed by atoms with Gasteiger partial charge in [-0.25, -0.2) is 0 Å². The molecule has 2 nitrogen and oxygen atoms in total. The Morgan fingerprint density at radius 1 is 0.562 bits per heavy atom. The van der Waals surface area contributed by atoms with Crippen molar-refractivity contribution in [1.82, 2.24) is 4.57 Å². The smallest absolute Gasteiger partial charge is 0.0537 e. The van der Waals surface area contributed by atoms with Gasteiger partial charge in [-0.1, -0.05) is 135 Å². The number of hydrogen-bond acceptors (Lipinski definition) is 1. The molecule has 2 aliphatic carbocycles. The van der Waals surface area contributed by atoms with Crippen LogP contribution in [0.25, 0.3) is 44.9 Å². The van der Waals surface area contributed by atoms with E-state index in [9.17, 15) is 0 Å². The van der Waals surface area contributed by atoms with Crippen LogP contribution < -0.4 is 4.90 Å². The first-order chi connectivity index (χ1) is 23.6. The van der Waals surface area contributed by atoms with Gasteiger partial charge in [0.1, 0.15) is 0 Å². The van der Waals surface area contributed by atoms with Gasteiger partial charge < -0.3 is 9.47 Å². The fraction of sp³-hybridized carbons (Fsp3) is 0.0870. The van der Waals surface area contributed by atoms with E-state index in [4.69, 9.17) is 0 Å². The Bertz CT molecular complexity index is 2390. The Morgan fingerprint density at radius 3 is 2.10 bits per heavy atom. The van der Waals surface area contributed by atoms with Crippen molar-refractivity contribution in [2.24, 2.45) is 0 Å². The van der Waals surface area contributed by atoms with Gasteiger partial charge in [0.15, 0.2) is 0 Å². The summed E-state index contributed by atoms with van der Waals surface area (Å²) in [6.45, 7) is 4.72. The highest BCUT2D eigenvalue weighted by atomic mass is 15.1. The summed E-state index contributed by atoms with van der Waals surface area (Å²) in [6, 6.07) is 55.1. The molecule has 0 bridgehead atoms. The van der Waals surface area contributed by atoms with E-state index in [-0.39, 0.29) is 5.41 Å². The van der Waals surface area contributed by atoms with Crippen molar-refractivity contribution >= 4 is 28.4 Å². The number of allylic oxidation sites excluding steroid dienone is 2. The number of hydrogen-bond donors (Lipinski definition) is 0. The summed E-state index contributed by atoms with van der Waals surface area (Å²) in [7, 11) is 0. The highest BCUT2D eigenvalue weighted by molar-refractivity contribution is 5.94. The number of anilines is 2. The average Bonchev–Trinajstić information content (AvgIpc) is 3.46. The molecule has 7 aromatic rings. The van der Waals surface area contributed by atoms with Crippen molar-refractivity contribution in [2.75, 3.05) is 4.90 Å². The lowest BCUT2D eigenvalue weighted by Gasteiger charge is -2.29. The van der Waals surface area contributed by atoms with E-state index in [2.05, 4.69) is 193 Å². The summed E-state index contributed by atoms with van der Waals surface area (Å²) in [5, 5.41) is 1.27. The zero-order chi connectivity index (χ0) is 32.2. The number of benzene rings is 6. The third-order valence-corrected chi connectivity index (χ3v) is 10.3. The van der Waals surface area contributed by atoms with Crippen molar-refractivity contribution in [3.8, 4) is 27.9 Å². The van der Waals surface area contributed by atoms with Crippen molar-refractivity contribution in [1.29, 1.82) is 0 Å². The van der Waals surface area contributed by atoms with Crippen LogP contribution in [0.1, 0.15) is 36.2 Å². The largest absolute Gasteiger partial charge is 0.313 e. The van der Waals surface area contributed by atoms with Crippen LogP contribution in [0, 0.1) is 0 Å². The fourth-order valence-electron chi connectivity index (χ4n) is 7.91. The van der Waals surface area contributed by atoms with Crippen LogP contribution in [-0.2, 0) is 11.8 Å². The Hall–Kier alpha value is -5.86. The second-order valence-corrected chi connectivity index (χ2v) is 13.4. The molecule has 0 saturated heterocycles. The van der Waals surface area contributed by atoms with Gasteiger partial charge in [-0.2, -0.15) is 0 Å². The summed E-state index contributed by atoms with van der Waals surface area (Å²) in [5.41, 5.74) is 16.2. The summed E-state index contributed by atoms with van der Waals surface area (Å²) >= 11 is 0. The van der Waals surface area contributed by atoms with Gasteiger partial charge in [0.05, 0.1) is 5.52 Å². The summed E-state index contributed by atoms with van der Waals surface area (Å²) < 4.78 is 2.43. The molecule has 1 aromatic heterocycles. The van der Waals surface area contributed by atoms with Crippen LogP contribution in [0.2, 0.25) is 0 Å². The van der Waals surface area contributed by atoms with Crippen molar-refractivity contribution in [3.63, 3.8) is 0 Å². The van der Waals surface area contributed by atoms with Gasteiger partial charge in [-0.3, -0.25) is 0 Å². The first-order valence-corrected chi connectivity index (χ1v) is 16.8. The molecule has 0 unspecified atom stereocenters. The summed E-state index contributed by atoms with van der Waals surface area (Å²) in [6.07, 6.45) is 7.86. The molecule has 0 saturated carbocycles. The number of para-hydroxylation sites is 2. The van der Waals surface area contributed by atoms with Crippen LogP contribution >= 0.6 is 0 Å². The zero-order valence-electron chi connectivity index (χ0n) is 27.3. The van der Waals surface area contributed by atoms with Crippen LogP contribution in [0.3, 0.4) is 0 Å². The lowest BCUT2D eigenvalue weighted by atomic mass is 9.82. The van der Waals surface area contributed by atoms with Gasteiger partial charge in [0.25, 0.3) is 0 Å². The quantitative estimate of drug-likeness (QED) is 0.187. The maximum atomic E-state index is 2.45. The minimum absolute atomic E-state index is 0.0875. The van der Waals surface area contributed by atoms with E-state index in [0.29, 0.717) is 0 Å². The normalized spacial score (nSPS) is 14.2. The summed E-state index contributed by atoms with van der Waals surface area (Å²) in [4.78, 5) is 2.45. The van der Waals surface area contributed by atoms with Gasteiger partial charge >= 0.3 is 0 Å². The predicted molar refractivity (Wildman–Crippen MR) is 202 cm³/mol. The molecule has 2 heteroatoms. The molecule has 0 aliphatic heterocycles. The highest BCUT2D eigenvalue weighted by Crippen LogP contribution is 2.50. The van der Waals surface area contributed by atoms with Gasteiger partial charge in [-0.05, 0) is 81.9 Å². The van der Waals surface area contributed by atoms with Crippen LogP contribution in [0.15, 0.2) is 170 Å². The van der Waals surface area contributed by atoms with Crippen LogP contribution in [-0.4, -0.2) is 4.57 Å². The van der Waals surface area contributed by atoms with Crippen molar-refractivity contribution < 1.29 is 0 Å². The molecule has 230 valence electrons. The Balaban J connectivity index is 1.22. The number of aromatic nitrogens is 1.